The van der Waals surface area contributed by atoms with Crippen LogP contribution >= 0.6 is 11.8 Å². The van der Waals surface area contributed by atoms with E-state index < -0.39 is 0 Å². The number of benzene rings is 1. The summed E-state index contributed by atoms with van der Waals surface area (Å²) in [6, 6.07) is 6.58. The van der Waals surface area contributed by atoms with E-state index in [1.54, 1.807) is 11.8 Å². The van der Waals surface area contributed by atoms with Crippen LogP contribution in [0.1, 0.15) is 26.3 Å². The van der Waals surface area contributed by atoms with E-state index in [9.17, 15) is 4.79 Å². The molecule has 1 N–H and O–H groups in total. The summed E-state index contributed by atoms with van der Waals surface area (Å²) in [6.07, 6.45) is 0. The first-order valence-electron chi connectivity index (χ1n) is 6.32. The van der Waals surface area contributed by atoms with Gasteiger partial charge in [0.05, 0.1) is 10.9 Å². The fraction of sp³-hybridized carbons (Fsp3) is 0.500. The number of anilines is 1. The molecule has 1 heterocycles. The number of nitrogens with one attached hydrogen (secondary N) is 1. The normalized spacial score (nSPS) is 19.3. The van der Waals surface area contributed by atoms with Crippen molar-refractivity contribution in [2.75, 3.05) is 11.9 Å². The van der Waals surface area contributed by atoms with E-state index in [-0.39, 0.29) is 17.2 Å². The molecular weight excluding hydrogens is 244 g/mol. The lowest BCUT2D eigenvalue weighted by molar-refractivity contribution is -0.118. The fourth-order valence-electron chi connectivity index (χ4n) is 2.25. The maximum atomic E-state index is 12.3. The highest BCUT2D eigenvalue weighted by Crippen LogP contribution is 2.40. The minimum atomic E-state index is 0.00931. The fourth-order valence-corrected chi connectivity index (χ4v) is 3.27. The molecule has 1 aromatic rings. The van der Waals surface area contributed by atoms with Gasteiger partial charge in [0.1, 0.15) is 0 Å². The molecule has 0 fully saturated rings. The van der Waals surface area contributed by atoms with Gasteiger partial charge in [-0.05, 0) is 45.5 Å². The molecule has 0 saturated heterocycles. The third-order valence-corrected chi connectivity index (χ3v) is 4.22. The zero-order valence-corrected chi connectivity index (χ0v) is 12.2. The Morgan fingerprint density at radius 1 is 1.44 bits per heavy atom. The Bertz CT molecular complexity index is 459. The lowest BCUT2D eigenvalue weighted by atomic mass is 10.1. The van der Waals surface area contributed by atoms with Gasteiger partial charge in [-0.3, -0.25) is 4.79 Å². The van der Waals surface area contributed by atoms with Gasteiger partial charge in [0.25, 0.3) is 0 Å². The average molecular weight is 264 g/mol. The van der Waals surface area contributed by atoms with Crippen molar-refractivity contribution in [3.63, 3.8) is 0 Å². The summed E-state index contributed by atoms with van der Waals surface area (Å²) in [4.78, 5) is 15.4. The molecule has 0 aliphatic carbocycles. The summed E-state index contributed by atoms with van der Waals surface area (Å²) < 4.78 is 0. The third-order valence-electron chi connectivity index (χ3n) is 3.07. The first-order chi connectivity index (χ1) is 8.54. The zero-order valence-electron chi connectivity index (χ0n) is 11.4. The van der Waals surface area contributed by atoms with E-state index >= 15 is 0 Å². The van der Waals surface area contributed by atoms with Crippen molar-refractivity contribution < 1.29 is 4.79 Å². The molecule has 18 heavy (non-hydrogen) atoms. The van der Waals surface area contributed by atoms with Crippen molar-refractivity contribution in [1.29, 1.82) is 0 Å². The largest absolute Gasteiger partial charge is 0.316 e. The number of hydrogen-bond acceptors (Lipinski definition) is 3. The lowest BCUT2D eigenvalue weighted by Crippen LogP contribution is -2.44. The Morgan fingerprint density at radius 3 is 2.78 bits per heavy atom. The van der Waals surface area contributed by atoms with E-state index in [0.29, 0.717) is 0 Å². The van der Waals surface area contributed by atoms with Crippen molar-refractivity contribution in [2.24, 2.45) is 0 Å². The maximum Gasteiger partial charge on any atom is 0.240 e. The molecule has 1 aliphatic heterocycles. The summed E-state index contributed by atoms with van der Waals surface area (Å²) in [5, 5.41) is 3.15. The van der Waals surface area contributed by atoms with Gasteiger partial charge >= 0.3 is 0 Å². The Hall–Kier alpha value is -1.000. The number of hydrogen-bond donors (Lipinski definition) is 1. The number of nitrogens with zero attached hydrogens (tertiary/aromatic N) is 1. The Labute approximate surface area is 113 Å². The molecule has 1 amide bonds. The SMILES string of the molecule is CNCc1ccc2c(c1)N(C(C)C)C(=O)C(C)S2. The quantitative estimate of drug-likeness (QED) is 0.911. The second-order valence-corrected chi connectivity index (χ2v) is 6.28. The summed E-state index contributed by atoms with van der Waals surface area (Å²) in [6.45, 7) is 6.94. The molecule has 0 radical (unpaired) electrons. The van der Waals surface area contributed by atoms with Crippen LogP contribution in [0, 0.1) is 0 Å². The van der Waals surface area contributed by atoms with Crippen molar-refractivity contribution in [2.45, 2.75) is 43.5 Å². The molecule has 0 spiro atoms. The molecule has 0 aromatic heterocycles. The second kappa shape index (κ2) is 5.33. The van der Waals surface area contributed by atoms with Crippen LogP contribution in [0.5, 0.6) is 0 Å². The van der Waals surface area contributed by atoms with Crippen LogP contribution in [-0.2, 0) is 11.3 Å². The predicted molar refractivity (Wildman–Crippen MR) is 77.1 cm³/mol. The van der Waals surface area contributed by atoms with E-state index in [2.05, 4.69) is 37.4 Å². The highest BCUT2D eigenvalue weighted by Gasteiger charge is 2.32. The van der Waals surface area contributed by atoms with Gasteiger partial charge in [-0.25, -0.2) is 0 Å². The Morgan fingerprint density at radius 2 is 2.17 bits per heavy atom. The number of carbonyl (C=O) groups excluding carboxylic acids is 1. The number of rotatable bonds is 3. The van der Waals surface area contributed by atoms with Crippen LogP contribution < -0.4 is 10.2 Å². The van der Waals surface area contributed by atoms with Gasteiger partial charge in [-0.15, -0.1) is 11.8 Å². The smallest absolute Gasteiger partial charge is 0.240 e. The topological polar surface area (TPSA) is 32.3 Å². The first-order valence-corrected chi connectivity index (χ1v) is 7.19. The molecule has 0 bridgehead atoms. The first kappa shape index (κ1) is 13.4. The summed E-state index contributed by atoms with van der Waals surface area (Å²) >= 11 is 1.66. The second-order valence-electron chi connectivity index (χ2n) is 4.89. The maximum absolute atomic E-state index is 12.3. The van der Waals surface area contributed by atoms with E-state index in [1.165, 1.54) is 10.5 Å². The summed E-state index contributed by atoms with van der Waals surface area (Å²) in [5.41, 5.74) is 2.27. The zero-order chi connectivity index (χ0) is 13.3. The van der Waals surface area contributed by atoms with Crippen LogP contribution in [0.25, 0.3) is 0 Å². The van der Waals surface area contributed by atoms with E-state index in [4.69, 9.17) is 0 Å². The van der Waals surface area contributed by atoms with Crippen molar-refractivity contribution in [1.82, 2.24) is 5.32 Å². The van der Waals surface area contributed by atoms with E-state index in [0.717, 1.165) is 12.2 Å². The molecule has 98 valence electrons. The van der Waals surface area contributed by atoms with Crippen molar-refractivity contribution in [3.8, 4) is 0 Å². The van der Waals surface area contributed by atoms with Crippen molar-refractivity contribution in [3.05, 3.63) is 23.8 Å². The van der Waals surface area contributed by atoms with Gasteiger partial charge in [0, 0.05) is 17.5 Å². The summed E-state index contributed by atoms with van der Waals surface area (Å²) in [5.74, 6) is 0.212. The minimum absolute atomic E-state index is 0.00931. The molecule has 1 aromatic carbocycles. The summed E-state index contributed by atoms with van der Waals surface area (Å²) in [7, 11) is 1.93. The molecule has 1 aliphatic rings. The van der Waals surface area contributed by atoms with Gasteiger partial charge in [-0.2, -0.15) is 0 Å². The van der Waals surface area contributed by atoms with Crippen LogP contribution in [0.2, 0.25) is 0 Å². The van der Waals surface area contributed by atoms with Crippen LogP contribution in [0.3, 0.4) is 0 Å². The monoisotopic (exact) mass is 264 g/mol. The van der Waals surface area contributed by atoms with Gasteiger partial charge in [-0.1, -0.05) is 6.07 Å². The Kier molecular flexibility index (Phi) is 3.97. The molecule has 1 atom stereocenters. The predicted octanol–water partition coefficient (Wildman–Crippen LogP) is 2.64. The number of carbonyl (C=O) groups is 1. The number of thioether (sulfide) groups is 1. The highest BCUT2D eigenvalue weighted by atomic mass is 32.2. The molecule has 2 rings (SSSR count). The molecule has 4 heteroatoms. The van der Waals surface area contributed by atoms with Gasteiger partial charge < -0.3 is 10.2 Å². The molecule has 0 saturated carbocycles. The van der Waals surface area contributed by atoms with Crippen molar-refractivity contribution >= 4 is 23.4 Å². The third kappa shape index (κ3) is 2.40. The molecule has 3 nitrogen and oxygen atoms in total. The standard InChI is InChI=1S/C14H20N2OS/c1-9(2)16-12-7-11(8-15-4)5-6-13(12)18-10(3)14(16)17/h5-7,9-10,15H,8H2,1-4H3. The van der Waals surface area contributed by atoms with Gasteiger partial charge in [0.2, 0.25) is 5.91 Å². The lowest BCUT2D eigenvalue weighted by Gasteiger charge is -2.35. The number of fused-ring (bicyclic) bond motifs is 1. The Balaban J connectivity index is 2.45. The van der Waals surface area contributed by atoms with Crippen LogP contribution in [0.15, 0.2) is 23.1 Å². The molecular formula is C14H20N2OS. The number of amides is 1. The van der Waals surface area contributed by atoms with Crippen LogP contribution in [0.4, 0.5) is 5.69 Å². The molecule has 1 unspecified atom stereocenters. The van der Waals surface area contributed by atoms with E-state index in [1.807, 2.05) is 18.9 Å². The van der Waals surface area contributed by atoms with Gasteiger partial charge in [0.15, 0.2) is 0 Å². The highest BCUT2D eigenvalue weighted by molar-refractivity contribution is 8.00. The van der Waals surface area contributed by atoms with Crippen LogP contribution in [-0.4, -0.2) is 24.2 Å². The minimum Gasteiger partial charge on any atom is -0.316 e. The average Bonchev–Trinajstić information content (AvgIpc) is 2.31.